The lowest BCUT2D eigenvalue weighted by molar-refractivity contribution is -0.132. The molecule has 0 aliphatic carbocycles. The summed E-state index contributed by atoms with van der Waals surface area (Å²) >= 11 is 0. The molecule has 4 rings (SSSR count). The van der Waals surface area contributed by atoms with Crippen LogP contribution in [0.4, 0.5) is 0 Å². The number of morpholine rings is 1. The maximum absolute atomic E-state index is 13.4. The molecule has 0 aromatic carbocycles. The monoisotopic (exact) mass is 424 g/mol. The summed E-state index contributed by atoms with van der Waals surface area (Å²) in [5, 5.41) is 0. The topological polar surface area (TPSA) is 95.6 Å². The van der Waals surface area contributed by atoms with Crippen LogP contribution in [0, 0.1) is 5.92 Å². The van der Waals surface area contributed by atoms with E-state index in [0.29, 0.717) is 45.6 Å². The van der Waals surface area contributed by atoms with Gasteiger partial charge in [-0.25, -0.2) is 0 Å². The van der Waals surface area contributed by atoms with E-state index in [1.807, 2.05) is 30.9 Å². The fourth-order valence-corrected chi connectivity index (χ4v) is 4.24. The number of carbonyl (C=O) groups is 2. The van der Waals surface area contributed by atoms with Gasteiger partial charge in [-0.1, -0.05) is 19.9 Å². The smallest absolute Gasteiger partial charge is 0.261 e. The summed E-state index contributed by atoms with van der Waals surface area (Å²) in [6.07, 6.45) is 5.79. The van der Waals surface area contributed by atoms with Gasteiger partial charge in [0.05, 0.1) is 13.2 Å². The Kier molecular flexibility index (Phi) is 6.18. The number of aromatic nitrogens is 2. The molecule has 1 N–H and O–H groups in total. The van der Waals surface area contributed by atoms with Gasteiger partial charge in [0.15, 0.2) is 0 Å². The molecule has 2 aliphatic heterocycles. The Bertz CT molecular complexity index is 1020. The number of nitrogens with one attached hydrogen (secondary N) is 1. The minimum atomic E-state index is -0.380. The van der Waals surface area contributed by atoms with Crippen molar-refractivity contribution in [3.05, 3.63) is 63.3 Å². The third-order valence-electron chi connectivity index (χ3n) is 5.85. The van der Waals surface area contributed by atoms with Crippen LogP contribution in [0.3, 0.4) is 0 Å². The SMILES string of the molecule is CC(C)CC(=O)N1CCc2c(c[nH]c(=O)c2C(=O)N2CCOC(c3cccnc3)C2)C1. The van der Waals surface area contributed by atoms with E-state index in [-0.39, 0.29) is 35.0 Å². The molecule has 1 atom stereocenters. The molecule has 1 unspecified atom stereocenters. The molecule has 0 radical (unpaired) electrons. The molecule has 0 bridgehead atoms. The number of ether oxygens (including phenoxy) is 1. The predicted octanol–water partition coefficient (Wildman–Crippen LogP) is 1.91. The highest BCUT2D eigenvalue weighted by Gasteiger charge is 2.32. The van der Waals surface area contributed by atoms with Crippen molar-refractivity contribution in [3.8, 4) is 0 Å². The first-order valence-corrected chi connectivity index (χ1v) is 10.8. The summed E-state index contributed by atoms with van der Waals surface area (Å²) in [5.41, 5.74) is 2.31. The second-order valence-electron chi connectivity index (χ2n) is 8.56. The van der Waals surface area contributed by atoms with E-state index in [9.17, 15) is 14.4 Å². The van der Waals surface area contributed by atoms with Gasteiger partial charge in [-0.2, -0.15) is 0 Å². The predicted molar refractivity (Wildman–Crippen MR) is 114 cm³/mol. The first-order chi connectivity index (χ1) is 14.9. The molecular weight excluding hydrogens is 396 g/mol. The summed E-state index contributed by atoms with van der Waals surface area (Å²) < 4.78 is 5.83. The lowest BCUT2D eigenvalue weighted by Crippen LogP contribution is -2.45. The standard InChI is InChI=1S/C23H28N4O4/c1-15(2)10-20(28)26-7-5-18-17(13-26)12-25-22(29)21(18)23(30)27-8-9-31-19(14-27)16-4-3-6-24-11-16/h3-4,6,11-12,15,19H,5,7-10,13-14H2,1-2H3,(H,25,29). The van der Waals surface area contributed by atoms with Crippen LogP contribution in [0.5, 0.6) is 0 Å². The second-order valence-corrected chi connectivity index (χ2v) is 8.56. The Balaban J connectivity index is 1.55. The average molecular weight is 425 g/mol. The summed E-state index contributed by atoms with van der Waals surface area (Å²) in [5.74, 6) is 0.111. The highest BCUT2D eigenvalue weighted by molar-refractivity contribution is 5.96. The number of hydrogen-bond donors (Lipinski definition) is 1. The molecule has 2 amide bonds. The van der Waals surface area contributed by atoms with Crippen LogP contribution in [-0.4, -0.2) is 57.8 Å². The van der Waals surface area contributed by atoms with Crippen molar-refractivity contribution in [3.63, 3.8) is 0 Å². The molecule has 2 aromatic rings. The molecule has 2 aliphatic rings. The van der Waals surface area contributed by atoms with Crippen LogP contribution in [0.25, 0.3) is 0 Å². The van der Waals surface area contributed by atoms with Gasteiger partial charge < -0.3 is 19.5 Å². The van der Waals surface area contributed by atoms with Crippen molar-refractivity contribution in [1.82, 2.24) is 19.8 Å². The minimum absolute atomic E-state index is 0.104. The van der Waals surface area contributed by atoms with Crippen LogP contribution in [0.2, 0.25) is 0 Å². The van der Waals surface area contributed by atoms with Crippen molar-refractivity contribution in [2.24, 2.45) is 5.92 Å². The lowest BCUT2D eigenvalue weighted by Gasteiger charge is -2.34. The molecule has 0 spiro atoms. The molecule has 2 aromatic heterocycles. The maximum atomic E-state index is 13.4. The number of H-pyrrole nitrogens is 1. The number of amides is 2. The van der Waals surface area contributed by atoms with E-state index < -0.39 is 0 Å². The Morgan fingerprint density at radius 1 is 1.29 bits per heavy atom. The molecule has 8 heteroatoms. The number of fused-ring (bicyclic) bond motifs is 1. The van der Waals surface area contributed by atoms with Crippen molar-refractivity contribution >= 4 is 11.8 Å². The lowest BCUT2D eigenvalue weighted by atomic mass is 9.95. The number of aromatic amines is 1. The zero-order chi connectivity index (χ0) is 22.0. The third-order valence-corrected chi connectivity index (χ3v) is 5.85. The zero-order valence-electron chi connectivity index (χ0n) is 18.0. The summed E-state index contributed by atoms with van der Waals surface area (Å²) in [6, 6.07) is 3.76. The largest absolute Gasteiger partial charge is 0.370 e. The first-order valence-electron chi connectivity index (χ1n) is 10.8. The number of rotatable bonds is 4. The molecule has 1 fully saturated rings. The van der Waals surface area contributed by atoms with Crippen molar-refractivity contribution in [2.45, 2.75) is 39.3 Å². The normalized spacial score (nSPS) is 18.7. The van der Waals surface area contributed by atoms with Crippen LogP contribution in [0.1, 0.15) is 53.4 Å². The Labute approximate surface area is 181 Å². The zero-order valence-corrected chi connectivity index (χ0v) is 18.0. The number of carbonyl (C=O) groups excluding carboxylic acids is 2. The van der Waals surface area contributed by atoms with Crippen LogP contribution in [0.15, 0.2) is 35.5 Å². The second kappa shape index (κ2) is 9.01. The molecular formula is C23H28N4O4. The van der Waals surface area contributed by atoms with Crippen LogP contribution < -0.4 is 5.56 Å². The maximum Gasteiger partial charge on any atom is 0.261 e. The van der Waals surface area contributed by atoms with E-state index in [1.54, 1.807) is 23.5 Å². The van der Waals surface area contributed by atoms with Gasteiger partial charge in [0.1, 0.15) is 11.7 Å². The van der Waals surface area contributed by atoms with E-state index in [0.717, 1.165) is 16.7 Å². The van der Waals surface area contributed by atoms with Gasteiger partial charge in [-0.05, 0) is 29.5 Å². The highest BCUT2D eigenvalue weighted by Crippen LogP contribution is 2.25. The van der Waals surface area contributed by atoms with Gasteiger partial charge in [-0.15, -0.1) is 0 Å². The molecule has 1 saturated heterocycles. The summed E-state index contributed by atoms with van der Waals surface area (Å²) in [7, 11) is 0. The van der Waals surface area contributed by atoms with E-state index >= 15 is 0 Å². The summed E-state index contributed by atoms with van der Waals surface area (Å²) in [6.45, 7) is 6.17. The fraction of sp³-hybridized carbons (Fsp3) is 0.478. The quantitative estimate of drug-likeness (QED) is 0.809. The van der Waals surface area contributed by atoms with Gasteiger partial charge in [0.25, 0.3) is 11.5 Å². The van der Waals surface area contributed by atoms with Gasteiger partial charge in [0.2, 0.25) is 5.91 Å². The van der Waals surface area contributed by atoms with Crippen molar-refractivity contribution < 1.29 is 14.3 Å². The van der Waals surface area contributed by atoms with Gasteiger partial charge in [-0.3, -0.25) is 19.4 Å². The summed E-state index contributed by atoms with van der Waals surface area (Å²) in [4.78, 5) is 48.9. The number of pyridine rings is 2. The van der Waals surface area contributed by atoms with Gasteiger partial charge in [0, 0.05) is 50.2 Å². The van der Waals surface area contributed by atoms with Crippen LogP contribution in [-0.2, 0) is 22.5 Å². The van der Waals surface area contributed by atoms with E-state index in [1.165, 1.54) is 0 Å². The van der Waals surface area contributed by atoms with Gasteiger partial charge >= 0.3 is 0 Å². The molecule has 4 heterocycles. The Morgan fingerprint density at radius 3 is 2.87 bits per heavy atom. The van der Waals surface area contributed by atoms with E-state index in [2.05, 4.69) is 9.97 Å². The highest BCUT2D eigenvalue weighted by atomic mass is 16.5. The Morgan fingerprint density at radius 2 is 2.13 bits per heavy atom. The molecule has 31 heavy (non-hydrogen) atoms. The minimum Gasteiger partial charge on any atom is -0.370 e. The van der Waals surface area contributed by atoms with Crippen LogP contribution >= 0.6 is 0 Å². The van der Waals surface area contributed by atoms with Crippen molar-refractivity contribution in [2.75, 3.05) is 26.2 Å². The van der Waals surface area contributed by atoms with E-state index in [4.69, 9.17) is 4.74 Å². The number of hydrogen-bond acceptors (Lipinski definition) is 5. The molecule has 164 valence electrons. The fourth-order valence-electron chi connectivity index (χ4n) is 4.24. The number of nitrogens with zero attached hydrogens (tertiary/aromatic N) is 3. The third kappa shape index (κ3) is 4.54. The molecule has 8 nitrogen and oxygen atoms in total. The Hall–Kier alpha value is -3.00. The average Bonchev–Trinajstić information content (AvgIpc) is 2.78. The first kappa shape index (κ1) is 21.2. The van der Waals surface area contributed by atoms with Crippen molar-refractivity contribution in [1.29, 1.82) is 0 Å². The molecule has 0 saturated carbocycles.